The van der Waals surface area contributed by atoms with E-state index in [-0.39, 0.29) is 11.9 Å². The van der Waals surface area contributed by atoms with Crippen LogP contribution in [0.2, 0.25) is 0 Å². The molecule has 0 aliphatic carbocycles. The number of carbonyl (C=O) groups is 1. The lowest BCUT2D eigenvalue weighted by Gasteiger charge is -2.22. The molecule has 2 nitrogen and oxygen atoms in total. The summed E-state index contributed by atoms with van der Waals surface area (Å²) in [6.45, 7) is 2.15. The van der Waals surface area contributed by atoms with E-state index in [1.54, 1.807) is 6.92 Å². The van der Waals surface area contributed by atoms with Crippen LogP contribution in [0.25, 0.3) is 0 Å². The van der Waals surface area contributed by atoms with E-state index in [2.05, 4.69) is 6.07 Å². The number of ketones is 1. The van der Waals surface area contributed by atoms with Crippen molar-refractivity contribution in [1.82, 2.24) is 0 Å². The largest absolute Gasteiger partial charge is 0.365 e. The highest BCUT2D eigenvalue weighted by Gasteiger charge is 2.21. The summed E-state index contributed by atoms with van der Waals surface area (Å²) in [7, 11) is 0. The Morgan fingerprint density at radius 3 is 2.77 bits per heavy atom. The van der Waals surface area contributed by atoms with Crippen molar-refractivity contribution in [2.45, 2.75) is 26.1 Å². The molecule has 1 aromatic rings. The SMILES string of the molecule is CC(=O)C1Cc2ccccc2CO1. The van der Waals surface area contributed by atoms with Crippen LogP contribution in [0.3, 0.4) is 0 Å². The number of benzene rings is 1. The smallest absolute Gasteiger partial charge is 0.158 e. The van der Waals surface area contributed by atoms with E-state index in [0.717, 1.165) is 6.42 Å². The highest BCUT2D eigenvalue weighted by molar-refractivity contribution is 5.81. The zero-order valence-electron chi connectivity index (χ0n) is 7.62. The van der Waals surface area contributed by atoms with Crippen LogP contribution in [0.4, 0.5) is 0 Å². The minimum absolute atomic E-state index is 0.120. The fourth-order valence-electron chi connectivity index (χ4n) is 1.61. The standard InChI is InChI=1S/C11H12O2/c1-8(12)11-6-9-4-2-3-5-10(9)7-13-11/h2-5,11H,6-7H2,1H3. The summed E-state index contributed by atoms with van der Waals surface area (Å²) in [4.78, 5) is 11.1. The summed E-state index contributed by atoms with van der Waals surface area (Å²) in [6.07, 6.45) is 0.501. The molecule has 1 heterocycles. The fraction of sp³-hybridized carbons (Fsp3) is 0.364. The molecule has 0 N–H and O–H groups in total. The van der Waals surface area contributed by atoms with Crippen molar-refractivity contribution < 1.29 is 9.53 Å². The minimum Gasteiger partial charge on any atom is -0.365 e. The summed E-state index contributed by atoms with van der Waals surface area (Å²) in [5.41, 5.74) is 2.45. The Kier molecular flexibility index (Phi) is 2.15. The van der Waals surface area contributed by atoms with Crippen molar-refractivity contribution in [3.8, 4) is 0 Å². The van der Waals surface area contributed by atoms with E-state index < -0.39 is 0 Å². The predicted molar refractivity (Wildman–Crippen MR) is 49.4 cm³/mol. The van der Waals surface area contributed by atoms with Crippen molar-refractivity contribution in [2.75, 3.05) is 0 Å². The lowest BCUT2D eigenvalue weighted by Crippen LogP contribution is -2.28. The third-order valence-electron chi connectivity index (χ3n) is 2.42. The van der Waals surface area contributed by atoms with Gasteiger partial charge in [0.25, 0.3) is 0 Å². The molecule has 0 spiro atoms. The molecule has 0 saturated carbocycles. The van der Waals surface area contributed by atoms with E-state index in [1.165, 1.54) is 11.1 Å². The average molecular weight is 176 g/mol. The van der Waals surface area contributed by atoms with Gasteiger partial charge in [-0.1, -0.05) is 24.3 Å². The normalized spacial score (nSPS) is 20.8. The Hall–Kier alpha value is -1.15. The number of rotatable bonds is 1. The van der Waals surface area contributed by atoms with Crippen molar-refractivity contribution >= 4 is 5.78 Å². The molecule has 1 unspecified atom stereocenters. The summed E-state index contributed by atoms with van der Waals surface area (Å²) in [5.74, 6) is 0.120. The Balaban J connectivity index is 2.24. The number of ether oxygens (including phenoxy) is 1. The average Bonchev–Trinajstić information content (AvgIpc) is 2.17. The van der Waals surface area contributed by atoms with Crippen LogP contribution in [0.5, 0.6) is 0 Å². The molecular formula is C11H12O2. The van der Waals surface area contributed by atoms with Gasteiger partial charge in [-0.25, -0.2) is 0 Å². The lowest BCUT2D eigenvalue weighted by molar-refractivity contribution is -0.129. The highest BCUT2D eigenvalue weighted by Crippen LogP contribution is 2.20. The van der Waals surface area contributed by atoms with Gasteiger partial charge >= 0.3 is 0 Å². The third-order valence-corrected chi connectivity index (χ3v) is 2.42. The first kappa shape index (κ1) is 8.45. The molecule has 13 heavy (non-hydrogen) atoms. The Morgan fingerprint density at radius 2 is 2.08 bits per heavy atom. The van der Waals surface area contributed by atoms with Gasteiger partial charge in [-0.2, -0.15) is 0 Å². The second-order valence-electron chi connectivity index (χ2n) is 3.38. The first-order chi connectivity index (χ1) is 6.27. The van der Waals surface area contributed by atoms with Crippen LogP contribution in [0.15, 0.2) is 24.3 Å². The van der Waals surface area contributed by atoms with Crippen LogP contribution in [-0.4, -0.2) is 11.9 Å². The number of fused-ring (bicyclic) bond motifs is 1. The second kappa shape index (κ2) is 3.30. The van der Waals surface area contributed by atoms with E-state index >= 15 is 0 Å². The molecule has 68 valence electrons. The fourth-order valence-corrected chi connectivity index (χ4v) is 1.61. The minimum atomic E-state index is -0.227. The molecule has 2 heteroatoms. The number of hydrogen-bond acceptors (Lipinski definition) is 2. The van der Waals surface area contributed by atoms with Crippen molar-refractivity contribution in [1.29, 1.82) is 0 Å². The van der Waals surface area contributed by atoms with Crippen molar-refractivity contribution in [2.24, 2.45) is 0 Å². The second-order valence-corrected chi connectivity index (χ2v) is 3.38. The molecule has 1 aliphatic rings. The lowest BCUT2D eigenvalue weighted by atomic mass is 9.98. The van der Waals surface area contributed by atoms with Crippen LogP contribution in [0, 0.1) is 0 Å². The first-order valence-electron chi connectivity index (χ1n) is 4.46. The molecule has 1 aromatic carbocycles. The molecule has 0 saturated heterocycles. The summed E-state index contributed by atoms with van der Waals surface area (Å²) >= 11 is 0. The number of Topliss-reactive ketones (excluding diaryl/α,β-unsaturated/α-hetero) is 1. The molecule has 0 fully saturated rings. The van der Waals surface area contributed by atoms with Gasteiger partial charge in [0.05, 0.1) is 6.61 Å². The Bertz CT molecular complexity index is 331. The van der Waals surface area contributed by atoms with Gasteiger partial charge in [-0.15, -0.1) is 0 Å². The Labute approximate surface area is 77.5 Å². The predicted octanol–water partition coefficient (Wildman–Crippen LogP) is 1.72. The molecule has 0 radical (unpaired) electrons. The van der Waals surface area contributed by atoms with Crippen LogP contribution < -0.4 is 0 Å². The molecule has 1 aliphatic heterocycles. The maximum absolute atomic E-state index is 11.1. The highest BCUT2D eigenvalue weighted by atomic mass is 16.5. The van der Waals surface area contributed by atoms with Gasteiger partial charge in [0.15, 0.2) is 5.78 Å². The maximum Gasteiger partial charge on any atom is 0.158 e. The Morgan fingerprint density at radius 1 is 1.38 bits per heavy atom. The number of carbonyl (C=O) groups excluding carboxylic acids is 1. The summed E-state index contributed by atoms with van der Waals surface area (Å²) in [5, 5.41) is 0. The van der Waals surface area contributed by atoms with Gasteiger partial charge in [0, 0.05) is 6.42 Å². The van der Waals surface area contributed by atoms with Gasteiger partial charge in [0.1, 0.15) is 6.10 Å². The van der Waals surface area contributed by atoms with Crippen LogP contribution in [-0.2, 0) is 22.6 Å². The van der Waals surface area contributed by atoms with E-state index in [1.807, 2.05) is 18.2 Å². The van der Waals surface area contributed by atoms with Gasteiger partial charge in [-0.05, 0) is 18.1 Å². The van der Waals surface area contributed by atoms with Gasteiger partial charge in [0.2, 0.25) is 0 Å². The molecule has 0 amide bonds. The van der Waals surface area contributed by atoms with Crippen LogP contribution in [0.1, 0.15) is 18.1 Å². The van der Waals surface area contributed by atoms with Gasteiger partial charge < -0.3 is 4.74 Å². The molecule has 0 bridgehead atoms. The van der Waals surface area contributed by atoms with Crippen molar-refractivity contribution in [3.05, 3.63) is 35.4 Å². The molecule has 1 atom stereocenters. The number of hydrogen-bond donors (Lipinski definition) is 0. The molecule has 2 rings (SSSR count). The molecule has 0 aromatic heterocycles. The third kappa shape index (κ3) is 1.63. The maximum atomic E-state index is 11.1. The summed E-state index contributed by atoms with van der Waals surface area (Å²) < 4.78 is 5.42. The topological polar surface area (TPSA) is 26.3 Å². The van der Waals surface area contributed by atoms with Crippen molar-refractivity contribution in [3.63, 3.8) is 0 Å². The van der Waals surface area contributed by atoms with E-state index in [4.69, 9.17) is 4.74 Å². The zero-order chi connectivity index (χ0) is 9.26. The first-order valence-corrected chi connectivity index (χ1v) is 4.46. The van der Waals surface area contributed by atoms with E-state index in [0.29, 0.717) is 6.61 Å². The van der Waals surface area contributed by atoms with Crippen LogP contribution >= 0.6 is 0 Å². The zero-order valence-corrected chi connectivity index (χ0v) is 7.62. The quantitative estimate of drug-likeness (QED) is 0.651. The molecular weight excluding hydrogens is 164 g/mol. The summed E-state index contributed by atoms with van der Waals surface area (Å²) in [6, 6.07) is 8.11. The monoisotopic (exact) mass is 176 g/mol. The van der Waals surface area contributed by atoms with Gasteiger partial charge in [-0.3, -0.25) is 4.79 Å². The van der Waals surface area contributed by atoms with E-state index in [9.17, 15) is 4.79 Å².